The highest BCUT2D eigenvalue weighted by Gasteiger charge is 2.32. The second-order valence-electron chi connectivity index (χ2n) is 4.78. The second kappa shape index (κ2) is 4.66. The summed E-state index contributed by atoms with van der Waals surface area (Å²) in [7, 11) is 4.13. The second-order valence-corrected chi connectivity index (χ2v) is 5.16. The number of aromatic nitrogens is 2. The Balaban J connectivity index is 2.26. The highest BCUT2D eigenvalue weighted by atomic mass is 35.5. The van der Waals surface area contributed by atoms with E-state index >= 15 is 0 Å². The normalized spacial score (nSPS) is 24.6. The van der Waals surface area contributed by atoms with Crippen molar-refractivity contribution in [1.82, 2.24) is 14.9 Å². The van der Waals surface area contributed by atoms with Gasteiger partial charge in [-0.15, -0.1) is 0 Å². The van der Waals surface area contributed by atoms with Gasteiger partial charge in [0.25, 0.3) is 5.56 Å². The summed E-state index contributed by atoms with van der Waals surface area (Å²) >= 11 is 5.99. The molecular formula is C11H17ClN4O. The van der Waals surface area contributed by atoms with Crippen LogP contribution in [0.5, 0.6) is 0 Å². The Morgan fingerprint density at radius 1 is 1.53 bits per heavy atom. The lowest BCUT2D eigenvalue weighted by molar-refractivity contribution is 0.266. The molecule has 1 aliphatic rings. The number of nitrogens with one attached hydrogen (secondary N) is 1. The van der Waals surface area contributed by atoms with Crippen molar-refractivity contribution in [2.75, 3.05) is 32.1 Å². The van der Waals surface area contributed by atoms with Crippen LogP contribution in [0.15, 0.2) is 11.1 Å². The maximum Gasteiger partial charge on any atom is 0.271 e. The average molecular weight is 257 g/mol. The van der Waals surface area contributed by atoms with Crippen LogP contribution < -0.4 is 10.5 Å². The molecular weight excluding hydrogens is 240 g/mol. The Labute approximate surface area is 105 Å². The Kier molecular flexibility index (Phi) is 3.40. The molecule has 1 fully saturated rings. The molecule has 6 heteroatoms. The molecule has 2 heterocycles. The van der Waals surface area contributed by atoms with E-state index in [4.69, 9.17) is 11.6 Å². The van der Waals surface area contributed by atoms with E-state index in [0.29, 0.717) is 17.8 Å². The van der Waals surface area contributed by atoms with Crippen LogP contribution in [0.3, 0.4) is 0 Å². The minimum absolute atomic E-state index is 0.180. The highest BCUT2D eigenvalue weighted by molar-refractivity contribution is 6.32. The van der Waals surface area contributed by atoms with Crippen LogP contribution in [0.1, 0.15) is 6.92 Å². The van der Waals surface area contributed by atoms with Gasteiger partial charge in [0.2, 0.25) is 0 Å². The van der Waals surface area contributed by atoms with Gasteiger partial charge in [-0.2, -0.15) is 0 Å². The number of aromatic amines is 1. The summed E-state index contributed by atoms with van der Waals surface area (Å²) in [4.78, 5) is 22.3. The molecule has 1 N–H and O–H groups in total. The number of hydrogen-bond donors (Lipinski definition) is 1. The van der Waals surface area contributed by atoms with Gasteiger partial charge in [0.15, 0.2) is 5.82 Å². The highest BCUT2D eigenvalue weighted by Crippen LogP contribution is 2.27. The minimum Gasteiger partial charge on any atom is -0.353 e. The van der Waals surface area contributed by atoms with Gasteiger partial charge in [-0.25, -0.2) is 4.98 Å². The zero-order valence-electron chi connectivity index (χ0n) is 10.3. The molecule has 2 rings (SSSR count). The summed E-state index contributed by atoms with van der Waals surface area (Å²) < 4.78 is 0. The molecule has 1 aliphatic heterocycles. The predicted molar refractivity (Wildman–Crippen MR) is 68.7 cm³/mol. The van der Waals surface area contributed by atoms with E-state index in [1.54, 1.807) is 0 Å². The van der Waals surface area contributed by atoms with Crippen molar-refractivity contribution in [2.45, 2.75) is 13.0 Å². The first kappa shape index (κ1) is 12.4. The zero-order chi connectivity index (χ0) is 12.6. The molecule has 0 aliphatic carbocycles. The Morgan fingerprint density at radius 2 is 2.24 bits per heavy atom. The fraction of sp³-hybridized carbons (Fsp3) is 0.636. The first-order valence-corrected chi connectivity index (χ1v) is 6.03. The smallest absolute Gasteiger partial charge is 0.271 e. The van der Waals surface area contributed by atoms with Crippen molar-refractivity contribution in [1.29, 1.82) is 0 Å². The third-order valence-electron chi connectivity index (χ3n) is 3.31. The predicted octanol–water partition coefficient (Wildman–Crippen LogP) is 0.810. The maximum atomic E-state index is 11.4. The van der Waals surface area contributed by atoms with Crippen molar-refractivity contribution in [3.8, 4) is 0 Å². The lowest BCUT2D eigenvalue weighted by atomic mass is 10.1. The van der Waals surface area contributed by atoms with Crippen LogP contribution in [-0.4, -0.2) is 48.1 Å². The Bertz CT molecular complexity index is 459. The number of likely N-dealkylation sites (N-methyl/N-ethyl adjacent to an activating group) is 1. The van der Waals surface area contributed by atoms with E-state index in [1.165, 1.54) is 6.33 Å². The van der Waals surface area contributed by atoms with Crippen molar-refractivity contribution in [3.63, 3.8) is 0 Å². The van der Waals surface area contributed by atoms with Crippen LogP contribution in [-0.2, 0) is 0 Å². The number of nitrogens with zero attached hydrogens (tertiary/aromatic N) is 3. The van der Waals surface area contributed by atoms with Crippen molar-refractivity contribution in [2.24, 2.45) is 5.92 Å². The number of halogens is 1. The van der Waals surface area contributed by atoms with Gasteiger partial charge in [0.1, 0.15) is 5.02 Å². The lowest BCUT2D eigenvalue weighted by Gasteiger charge is -2.22. The molecule has 2 unspecified atom stereocenters. The third kappa shape index (κ3) is 2.30. The summed E-state index contributed by atoms with van der Waals surface area (Å²) in [6.07, 6.45) is 1.40. The van der Waals surface area contributed by atoms with Crippen molar-refractivity contribution in [3.05, 3.63) is 21.7 Å². The van der Waals surface area contributed by atoms with Crippen LogP contribution in [0.2, 0.25) is 5.02 Å². The molecule has 5 nitrogen and oxygen atoms in total. The molecule has 0 spiro atoms. The number of rotatable bonds is 2. The molecule has 0 radical (unpaired) electrons. The molecule has 0 saturated carbocycles. The molecule has 1 aromatic rings. The lowest BCUT2D eigenvalue weighted by Crippen LogP contribution is -2.34. The largest absolute Gasteiger partial charge is 0.353 e. The van der Waals surface area contributed by atoms with Crippen LogP contribution in [0.4, 0.5) is 5.82 Å². The number of hydrogen-bond acceptors (Lipinski definition) is 4. The summed E-state index contributed by atoms with van der Waals surface area (Å²) in [6, 6.07) is 0.465. The standard InChI is InChI=1S/C11H17ClN4O/c1-7-4-16(5-8(7)15(2)3)10-9(12)11(17)14-6-13-10/h6-8H,4-5H2,1-3H3,(H,13,14,17). The quantitative estimate of drug-likeness (QED) is 0.851. The summed E-state index contributed by atoms with van der Waals surface area (Å²) in [6.45, 7) is 3.93. The van der Waals surface area contributed by atoms with E-state index in [2.05, 4.69) is 40.8 Å². The van der Waals surface area contributed by atoms with Gasteiger partial charge in [-0.1, -0.05) is 18.5 Å². The van der Waals surface area contributed by atoms with Crippen LogP contribution in [0, 0.1) is 5.92 Å². The topological polar surface area (TPSA) is 52.2 Å². The molecule has 0 aromatic carbocycles. The molecule has 1 saturated heterocycles. The number of anilines is 1. The van der Waals surface area contributed by atoms with Crippen LogP contribution >= 0.6 is 11.6 Å². The van der Waals surface area contributed by atoms with Crippen LogP contribution in [0.25, 0.3) is 0 Å². The monoisotopic (exact) mass is 256 g/mol. The first-order valence-electron chi connectivity index (χ1n) is 5.65. The molecule has 0 amide bonds. The average Bonchev–Trinajstić information content (AvgIpc) is 2.64. The van der Waals surface area contributed by atoms with Crippen molar-refractivity contribution < 1.29 is 0 Å². The van der Waals surface area contributed by atoms with Gasteiger partial charge in [-0.05, 0) is 20.0 Å². The van der Waals surface area contributed by atoms with Gasteiger partial charge in [0.05, 0.1) is 6.33 Å². The number of H-pyrrole nitrogens is 1. The van der Waals surface area contributed by atoms with Crippen molar-refractivity contribution >= 4 is 17.4 Å². The summed E-state index contributed by atoms with van der Waals surface area (Å²) in [5.74, 6) is 1.12. The van der Waals surface area contributed by atoms with Gasteiger partial charge < -0.3 is 14.8 Å². The SMILES string of the molecule is CC1CN(c2nc[nH]c(=O)c2Cl)CC1N(C)C. The van der Waals surface area contributed by atoms with Gasteiger partial charge in [-0.3, -0.25) is 4.79 Å². The van der Waals surface area contributed by atoms with Gasteiger partial charge in [0, 0.05) is 19.1 Å². The zero-order valence-corrected chi connectivity index (χ0v) is 11.0. The van der Waals surface area contributed by atoms with E-state index in [9.17, 15) is 4.79 Å². The van der Waals surface area contributed by atoms with E-state index in [1.807, 2.05) is 0 Å². The van der Waals surface area contributed by atoms with E-state index < -0.39 is 0 Å². The molecule has 94 valence electrons. The molecule has 2 atom stereocenters. The Morgan fingerprint density at radius 3 is 2.82 bits per heavy atom. The maximum absolute atomic E-state index is 11.4. The van der Waals surface area contributed by atoms with Gasteiger partial charge >= 0.3 is 0 Å². The fourth-order valence-electron chi connectivity index (χ4n) is 2.39. The minimum atomic E-state index is -0.280. The summed E-state index contributed by atoms with van der Waals surface area (Å²) in [5, 5.41) is 0.180. The molecule has 1 aromatic heterocycles. The molecule has 0 bridgehead atoms. The third-order valence-corrected chi connectivity index (χ3v) is 3.65. The first-order chi connectivity index (χ1) is 8.00. The fourth-order valence-corrected chi connectivity index (χ4v) is 2.61. The van der Waals surface area contributed by atoms with E-state index in [-0.39, 0.29) is 10.6 Å². The summed E-state index contributed by atoms with van der Waals surface area (Å²) in [5.41, 5.74) is -0.280. The molecule has 17 heavy (non-hydrogen) atoms. The van der Waals surface area contributed by atoms with E-state index in [0.717, 1.165) is 13.1 Å². The Hall–Kier alpha value is -1.07.